The fourth-order valence-electron chi connectivity index (χ4n) is 12.5. The Morgan fingerprint density at radius 1 is 0.950 bits per heavy atom. The molecule has 6 rings (SSSR count). The van der Waals surface area contributed by atoms with Gasteiger partial charge in [0, 0.05) is 63.6 Å². The van der Waals surface area contributed by atoms with Crippen LogP contribution in [0.2, 0.25) is 0 Å². The number of aromatic carboxylic acids is 1. The summed E-state index contributed by atoms with van der Waals surface area (Å²) in [7, 11) is 4.29. The first kappa shape index (κ1) is 64.8. The fourth-order valence-corrected chi connectivity index (χ4v) is 13.7. The summed E-state index contributed by atoms with van der Waals surface area (Å²) < 4.78 is 85.0. The molecular weight excluding hydrogens is 1070 g/mol. The number of aliphatic hydroxyl groups is 2. The lowest BCUT2D eigenvalue weighted by atomic mass is 9.72. The lowest BCUT2D eigenvalue weighted by Crippen LogP contribution is -2.61. The van der Waals surface area contributed by atoms with Gasteiger partial charge in [0.1, 0.15) is 29.9 Å². The van der Waals surface area contributed by atoms with Gasteiger partial charge in [0.05, 0.1) is 52.8 Å². The van der Waals surface area contributed by atoms with Gasteiger partial charge in [0.25, 0.3) is 10.1 Å². The molecule has 0 spiro atoms. The molecule has 4 aliphatic rings. The van der Waals surface area contributed by atoms with Gasteiger partial charge < -0.3 is 68.4 Å². The molecule has 0 bridgehead atoms. The minimum Gasteiger partial charge on any atom is -0.477 e. The van der Waals surface area contributed by atoms with Crippen molar-refractivity contribution in [3.05, 3.63) is 50.7 Å². The smallest absolute Gasteiger partial charge is 0.477 e. The summed E-state index contributed by atoms with van der Waals surface area (Å²) in [6.45, 7) is 17.1. The Labute approximate surface area is 469 Å². The first-order chi connectivity index (χ1) is 37.3. The zero-order chi connectivity index (χ0) is 59.6. The van der Waals surface area contributed by atoms with Gasteiger partial charge in [-0.3, -0.25) is 18.4 Å². The highest BCUT2D eigenvalue weighted by atomic mass is 32.2. The Bertz CT molecular complexity index is 2670. The number of aliphatic hydroxyl groups excluding tert-OH is 1. The van der Waals surface area contributed by atoms with E-state index in [1.165, 1.54) is 20.2 Å². The van der Waals surface area contributed by atoms with E-state index >= 15 is 0 Å². The van der Waals surface area contributed by atoms with E-state index in [2.05, 4.69) is 10.5 Å². The molecule has 452 valence electrons. The maximum absolute atomic E-state index is 14.8. The zero-order valence-corrected chi connectivity index (χ0v) is 49.8. The summed E-state index contributed by atoms with van der Waals surface area (Å²) in [4.78, 5) is 67.4. The number of pyridine rings is 1. The Hall–Kier alpha value is -4.41. The van der Waals surface area contributed by atoms with Gasteiger partial charge in [-0.1, -0.05) is 38.9 Å². The number of benzene rings is 1. The third-order valence-electron chi connectivity index (χ3n) is 16.9. The van der Waals surface area contributed by atoms with Crippen molar-refractivity contribution in [1.29, 1.82) is 0 Å². The number of rotatable bonds is 19. The van der Waals surface area contributed by atoms with Crippen LogP contribution in [0.25, 0.3) is 10.9 Å². The molecule has 24 nitrogen and oxygen atoms in total. The number of methoxy groups -OCH3 is 1. The van der Waals surface area contributed by atoms with Crippen LogP contribution in [0.15, 0.2) is 34.4 Å². The molecule has 1 aromatic heterocycles. The number of aryl methyl sites for hydroxylation is 1. The van der Waals surface area contributed by atoms with Crippen molar-refractivity contribution in [2.45, 2.75) is 198 Å². The standard InChI is InChI=1S/C55H87N5O19S/c1-16-40-55(10)47(77-52(66)78-55)31(4)42(57-68)29(2)26-53(8,67)46(76-51-44(62)39(58(11)12)24-30(3)72-51)32(5)45(33(6)50(65)74-40)75-41-27-54(9,71-15)48(34(7)73-41)79-80(69,70)23-22-56-21-17-18-35-19-20-38-36(25-35)43(61)37(49(63)64)28-60(38)59(13)14/h19-20,25,28-34,39-42,44-48,51,56,62,67H,16-18,21-24,26-27H2,1-15H3,(H,63,64)/t29-,30-,31+,32+,33-,34+,39+,40-,41+,42?,44-,45+,46-,47-,48+,51+,53-,54-,55-/m1/s1. The Balaban J connectivity index is 1.22. The number of esters is 1. The highest BCUT2D eigenvalue weighted by molar-refractivity contribution is 7.86. The maximum Gasteiger partial charge on any atom is 0.509 e. The molecule has 0 aliphatic carbocycles. The summed E-state index contributed by atoms with van der Waals surface area (Å²) in [6, 6.07) is 3.84. The van der Waals surface area contributed by atoms with E-state index in [1.54, 1.807) is 91.3 Å². The number of ether oxygens (including phenoxy) is 8. The number of carboxylic acid groups (broad SMARTS) is 1. The number of hydrogen-bond donors (Lipinski definition) is 4. The van der Waals surface area contributed by atoms with E-state index in [4.69, 9.17) is 42.1 Å². The molecule has 4 N–H and O–H groups in total. The molecule has 25 heteroatoms. The van der Waals surface area contributed by atoms with Crippen LogP contribution in [0, 0.1) is 28.6 Å². The van der Waals surface area contributed by atoms with Crippen LogP contribution in [0.4, 0.5) is 4.79 Å². The van der Waals surface area contributed by atoms with Crippen LogP contribution in [-0.2, 0) is 63.4 Å². The largest absolute Gasteiger partial charge is 0.509 e. The fraction of sp³-hybridized carbons (Fsp3) is 0.782. The highest BCUT2D eigenvalue weighted by Crippen LogP contribution is 2.45. The molecule has 80 heavy (non-hydrogen) atoms. The number of nitroso groups, excluding NO2 is 1. The lowest BCUT2D eigenvalue weighted by molar-refractivity contribution is -0.316. The first-order valence-corrected chi connectivity index (χ1v) is 29.3. The van der Waals surface area contributed by atoms with E-state index in [9.17, 15) is 47.8 Å². The number of fused-ring (bicyclic) bond motifs is 2. The molecule has 1 unspecified atom stereocenters. The van der Waals surface area contributed by atoms with Gasteiger partial charge in [-0.15, -0.1) is 0 Å². The number of carbonyl (C=O) groups excluding carboxylic acids is 2. The molecule has 4 saturated heterocycles. The monoisotopic (exact) mass is 1150 g/mol. The van der Waals surface area contributed by atoms with E-state index < -0.39 is 147 Å². The van der Waals surface area contributed by atoms with E-state index in [1.807, 2.05) is 32.0 Å². The van der Waals surface area contributed by atoms with Gasteiger partial charge in [0.2, 0.25) is 5.43 Å². The van der Waals surface area contributed by atoms with Gasteiger partial charge in [-0.05, 0) is 118 Å². The van der Waals surface area contributed by atoms with Gasteiger partial charge in [0.15, 0.2) is 24.3 Å². The van der Waals surface area contributed by atoms with Crippen molar-refractivity contribution >= 4 is 39.1 Å². The molecule has 2 aromatic rings. The number of nitrogens with one attached hydrogen (secondary N) is 1. The molecule has 0 radical (unpaired) electrons. The quantitative estimate of drug-likeness (QED) is 0.0659. The number of cyclic esters (lactones) is 1. The summed E-state index contributed by atoms with van der Waals surface area (Å²) in [5.74, 6) is -6.14. The van der Waals surface area contributed by atoms with Crippen LogP contribution >= 0.6 is 0 Å². The van der Waals surface area contributed by atoms with Crippen molar-refractivity contribution in [2.24, 2.45) is 28.8 Å². The molecule has 0 amide bonds. The van der Waals surface area contributed by atoms with E-state index in [0.717, 1.165) is 5.56 Å². The molecule has 4 fully saturated rings. The average molecular weight is 1150 g/mol. The topological polar surface area (TPSA) is 299 Å². The number of carbonyl (C=O) groups is 3. The number of nitrogens with zero attached hydrogens (tertiary/aromatic N) is 4. The second kappa shape index (κ2) is 26.0. The van der Waals surface area contributed by atoms with Crippen molar-refractivity contribution in [2.75, 3.05) is 59.2 Å². The van der Waals surface area contributed by atoms with Gasteiger partial charge in [-0.2, -0.15) is 13.3 Å². The van der Waals surface area contributed by atoms with Crippen molar-refractivity contribution < 1.29 is 80.2 Å². The van der Waals surface area contributed by atoms with Gasteiger partial charge in [-0.25, -0.2) is 9.59 Å². The second-order valence-electron chi connectivity index (χ2n) is 23.6. The summed E-state index contributed by atoms with van der Waals surface area (Å²) in [5, 5.41) is 42.9. The Kier molecular flexibility index (Phi) is 21.1. The van der Waals surface area contributed by atoms with Crippen molar-refractivity contribution in [1.82, 2.24) is 14.9 Å². The summed E-state index contributed by atoms with van der Waals surface area (Å²) in [6.07, 6.45) is -9.19. The third-order valence-corrected chi connectivity index (χ3v) is 18.1. The van der Waals surface area contributed by atoms with Crippen LogP contribution in [0.5, 0.6) is 0 Å². The van der Waals surface area contributed by atoms with Crippen LogP contribution in [0.1, 0.15) is 117 Å². The molecule has 5 heterocycles. The lowest BCUT2D eigenvalue weighted by Gasteiger charge is -2.49. The average Bonchev–Trinajstić information content (AvgIpc) is 3.89. The third kappa shape index (κ3) is 14.1. The maximum atomic E-state index is 14.8. The minimum absolute atomic E-state index is 0.0312. The Morgan fingerprint density at radius 3 is 2.25 bits per heavy atom. The molecule has 4 aliphatic heterocycles. The summed E-state index contributed by atoms with van der Waals surface area (Å²) in [5.41, 5.74) is -4.39. The van der Waals surface area contributed by atoms with E-state index in [-0.39, 0.29) is 42.9 Å². The second-order valence-corrected chi connectivity index (χ2v) is 25.3. The van der Waals surface area contributed by atoms with E-state index in [0.29, 0.717) is 31.3 Å². The van der Waals surface area contributed by atoms with Crippen LogP contribution in [-0.4, -0.2) is 196 Å². The SMILES string of the molecule is CC[C@H]1OC(=O)[C@H](C)[C@@H](O[C@H]2C[C@@](C)(OC)[C@@H](OS(=O)(=O)CCNCCCc3ccc4c(c3)c(=O)c(C(=O)O)cn4N(C)C)[C@H](C)O2)[C@H](C)[C@@H](O[C@@H]2O[C@H](C)C[C@H](N(C)C)[C@H]2O)[C@](C)(O)C[C@@H](C)C(N=O)[C@H](C)[C@H]2OC(=O)O[C@@]21C. The van der Waals surface area contributed by atoms with Crippen LogP contribution < -0.4 is 15.8 Å². The number of carboxylic acids is 1. The Morgan fingerprint density at radius 2 is 1.64 bits per heavy atom. The van der Waals surface area contributed by atoms with Gasteiger partial charge >= 0.3 is 18.1 Å². The minimum atomic E-state index is -4.23. The number of hydrogen-bond acceptors (Lipinski definition) is 22. The number of aromatic nitrogens is 1. The predicted octanol–water partition coefficient (Wildman–Crippen LogP) is 4.32. The molecule has 0 saturated carbocycles. The molecule has 19 atom stereocenters. The first-order valence-electron chi connectivity index (χ1n) is 27.7. The highest BCUT2D eigenvalue weighted by Gasteiger charge is 2.60. The van der Waals surface area contributed by atoms with Crippen molar-refractivity contribution in [3.8, 4) is 0 Å². The predicted molar refractivity (Wildman–Crippen MR) is 293 cm³/mol. The normalized spacial score (nSPS) is 37.5. The number of likely N-dealkylation sites (N-methyl/N-ethyl adjacent to an activating group) is 1. The summed E-state index contributed by atoms with van der Waals surface area (Å²) >= 11 is 0. The van der Waals surface area contributed by atoms with Crippen molar-refractivity contribution in [3.63, 3.8) is 0 Å². The zero-order valence-electron chi connectivity index (χ0n) is 49.0. The molecule has 1 aromatic carbocycles. The van der Waals surface area contributed by atoms with Crippen LogP contribution in [0.3, 0.4) is 0 Å². The molecular formula is C55H87N5O19S.